The number of aryl methyl sites for hydroxylation is 1. The molecular formula is C15H23N3O2. The Morgan fingerprint density at radius 2 is 2.30 bits per heavy atom. The van der Waals surface area contributed by atoms with E-state index in [4.69, 9.17) is 4.74 Å². The second-order valence-electron chi connectivity index (χ2n) is 5.91. The van der Waals surface area contributed by atoms with Crippen LogP contribution in [0.4, 0.5) is 5.69 Å². The SMILES string of the molecule is O=c1cc(NCC2CC2)cnn1CCCC1CCCO1. The van der Waals surface area contributed by atoms with Gasteiger partial charge < -0.3 is 10.1 Å². The van der Waals surface area contributed by atoms with E-state index in [2.05, 4.69) is 10.4 Å². The molecule has 2 fully saturated rings. The molecule has 110 valence electrons. The smallest absolute Gasteiger partial charge is 0.268 e. The van der Waals surface area contributed by atoms with E-state index in [1.54, 1.807) is 16.9 Å². The minimum Gasteiger partial charge on any atom is -0.383 e. The highest BCUT2D eigenvalue weighted by Gasteiger charge is 2.20. The van der Waals surface area contributed by atoms with Gasteiger partial charge in [-0.2, -0.15) is 5.10 Å². The van der Waals surface area contributed by atoms with Crippen LogP contribution in [0.15, 0.2) is 17.1 Å². The Labute approximate surface area is 119 Å². The minimum absolute atomic E-state index is 0.0156. The average Bonchev–Trinajstić information content (AvgIpc) is 3.14. The number of anilines is 1. The summed E-state index contributed by atoms with van der Waals surface area (Å²) in [5.41, 5.74) is 0.829. The van der Waals surface area contributed by atoms with E-state index in [0.717, 1.165) is 44.0 Å². The van der Waals surface area contributed by atoms with Crippen LogP contribution < -0.4 is 10.9 Å². The summed E-state index contributed by atoms with van der Waals surface area (Å²) in [5.74, 6) is 0.795. The predicted octanol–water partition coefficient (Wildman–Crippen LogP) is 2.02. The van der Waals surface area contributed by atoms with E-state index in [0.29, 0.717) is 12.6 Å². The first-order valence-electron chi connectivity index (χ1n) is 7.74. The third-order valence-electron chi connectivity index (χ3n) is 4.08. The highest BCUT2D eigenvalue weighted by molar-refractivity contribution is 5.38. The van der Waals surface area contributed by atoms with Crippen molar-refractivity contribution < 1.29 is 4.74 Å². The van der Waals surface area contributed by atoms with E-state index in [-0.39, 0.29) is 5.56 Å². The number of ether oxygens (including phenoxy) is 1. The minimum atomic E-state index is -0.0156. The van der Waals surface area contributed by atoms with Crippen LogP contribution in [-0.4, -0.2) is 29.0 Å². The van der Waals surface area contributed by atoms with Crippen molar-refractivity contribution in [3.05, 3.63) is 22.6 Å². The fourth-order valence-electron chi connectivity index (χ4n) is 2.62. The quantitative estimate of drug-likeness (QED) is 0.828. The molecule has 20 heavy (non-hydrogen) atoms. The molecule has 1 aliphatic heterocycles. The van der Waals surface area contributed by atoms with Gasteiger partial charge in [0, 0.05) is 25.8 Å². The molecule has 0 bridgehead atoms. The van der Waals surface area contributed by atoms with Crippen molar-refractivity contribution in [1.82, 2.24) is 9.78 Å². The van der Waals surface area contributed by atoms with Crippen LogP contribution in [0.25, 0.3) is 0 Å². The Balaban J connectivity index is 1.46. The van der Waals surface area contributed by atoms with Crippen LogP contribution >= 0.6 is 0 Å². The lowest BCUT2D eigenvalue weighted by atomic mass is 10.1. The van der Waals surface area contributed by atoms with Gasteiger partial charge in [-0.15, -0.1) is 0 Å². The highest BCUT2D eigenvalue weighted by Crippen LogP contribution is 2.28. The van der Waals surface area contributed by atoms with E-state index < -0.39 is 0 Å². The Morgan fingerprint density at radius 3 is 3.00 bits per heavy atom. The van der Waals surface area contributed by atoms with Crippen molar-refractivity contribution in [3.63, 3.8) is 0 Å². The van der Waals surface area contributed by atoms with Crippen molar-refractivity contribution >= 4 is 5.69 Å². The maximum Gasteiger partial charge on any atom is 0.268 e. The van der Waals surface area contributed by atoms with Crippen LogP contribution in [0.5, 0.6) is 0 Å². The van der Waals surface area contributed by atoms with Crippen LogP contribution in [0.1, 0.15) is 38.5 Å². The van der Waals surface area contributed by atoms with Crippen molar-refractivity contribution in [3.8, 4) is 0 Å². The first-order chi connectivity index (χ1) is 9.81. The molecule has 1 unspecified atom stereocenters. The fourth-order valence-corrected chi connectivity index (χ4v) is 2.62. The van der Waals surface area contributed by atoms with Gasteiger partial charge in [-0.1, -0.05) is 0 Å². The largest absolute Gasteiger partial charge is 0.383 e. The summed E-state index contributed by atoms with van der Waals surface area (Å²) in [6.45, 7) is 2.54. The van der Waals surface area contributed by atoms with Crippen molar-refractivity contribution in [1.29, 1.82) is 0 Å². The van der Waals surface area contributed by atoms with Gasteiger partial charge in [0.2, 0.25) is 0 Å². The van der Waals surface area contributed by atoms with Crippen LogP contribution in [-0.2, 0) is 11.3 Å². The Hall–Kier alpha value is -1.36. The van der Waals surface area contributed by atoms with Crippen LogP contribution in [0.2, 0.25) is 0 Å². The van der Waals surface area contributed by atoms with E-state index in [1.807, 2.05) is 0 Å². The summed E-state index contributed by atoms with van der Waals surface area (Å²) in [6, 6.07) is 1.65. The highest BCUT2D eigenvalue weighted by atomic mass is 16.5. The number of hydrogen-bond donors (Lipinski definition) is 1. The van der Waals surface area contributed by atoms with Gasteiger partial charge in [0.25, 0.3) is 5.56 Å². The lowest BCUT2D eigenvalue weighted by Crippen LogP contribution is -2.23. The topological polar surface area (TPSA) is 56.2 Å². The van der Waals surface area contributed by atoms with Gasteiger partial charge in [0.1, 0.15) is 0 Å². The Kier molecular flexibility index (Phi) is 4.35. The summed E-state index contributed by atoms with van der Waals surface area (Å²) >= 11 is 0. The number of nitrogens with one attached hydrogen (secondary N) is 1. The molecule has 1 aromatic rings. The van der Waals surface area contributed by atoms with Crippen molar-refractivity contribution in [2.24, 2.45) is 5.92 Å². The lowest BCUT2D eigenvalue weighted by Gasteiger charge is -2.10. The van der Waals surface area contributed by atoms with Crippen LogP contribution in [0.3, 0.4) is 0 Å². The Bertz CT molecular complexity index is 490. The summed E-state index contributed by atoms with van der Waals surface area (Å²) in [6.07, 6.45) is 9.07. The molecule has 1 saturated heterocycles. The predicted molar refractivity (Wildman–Crippen MR) is 77.9 cm³/mol. The summed E-state index contributed by atoms with van der Waals surface area (Å²) in [7, 11) is 0. The molecule has 1 aliphatic carbocycles. The second kappa shape index (κ2) is 6.39. The summed E-state index contributed by atoms with van der Waals surface area (Å²) in [4.78, 5) is 12.0. The molecule has 0 radical (unpaired) electrons. The molecular weight excluding hydrogens is 254 g/mol. The van der Waals surface area contributed by atoms with E-state index in [9.17, 15) is 4.79 Å². The van der Waals surface area contributed by atoms with Crippen molar-refractivity contribution in [2.45, 2.75) is 51.2 Å². The van der Waals surface area contributed by atoms with Gasteiger partial charge in [-0.3, -0.25) is 4.79 Å². The molecule has 3 rings (SSSR count). The number of hydrogen-bond acceptors (Lipinski definition) is 4. The number of rotatable bonds is 7. The molecule has 2 aliphatic rings. The zero-order valence-corrected chi connectivity index (χ0v) is 11.9. The van der Waals surface area contributed by atoms with Gasteiger partial charge in [-0.25, -0.2) is 4.68 Å². The molecule has 5 heteroatoms. The fraction of sp³-hybridized carbons (Fsp3) is 0.733. The van der Waals surface area contributed by atoms with E-state index in [1.165, 1.54) is 19.3 Å². The zero-order valence-electron chi connectivity index (χ0n) is 11.9. The van der Waals surface area contributed by atoms with Crippen LogP contribution in [0, 0.1) is 5.92 Å². The standard InChI is InChI=1S/C15H23N3O2/c19-15-9-13(16-10-12-5-6-12)11-17-18(15)7-1-3-14-4-2-8-20-14/h9,11-12,14,16H,1-8,10H2. The van der Waals surface area contributed by atoms with Gasteiger partial charge in [-0.05, 0) is 44.4 Å². The second-order valence-corrected chi connectivity index (χ2v) is 5.91. The molecule has 1 atom stereocenters. The molecule has 0 amide bonds. The molecule has 0 spiro atoms. The first-order valence-corrected chi connectivity index (χ1v) is 7.74. The molecule has 2 heterocycles. The molecule has 5 nitrogen and oxygen atoms in total. The molecule has 1 N–H and O–H groups in total. The van der Waals surface area contributed by atoms with Gasteiger partial charge in [0.15, 0.2) is 0 Å². The molecule has 0 aromatic carbocycles. The summed E-state index contributed by atoms with van der Waals surface area (Å²) < 4.78 is 7.14. The van der Waals surface area contributed by atoms with Crippen molar-refractivity contribution in [2.75, 3.05) is 18.5 Å². The number of aromatic nitrogens is 2. The van der Waals surface area contributed by atoms with E-state index >= 15 is 0 Å². The van der Waals surface area contributed by atoms with Gasteiger partial charge in [0.05, 0.1) is 18.0 Å². The third-order valence-corrected chi connectivity index (χ3v) is 4.08. The summed E-state index contributed by atoms with van der Waals surface area (Å²) in [5, 5.41) is 7.52. The maximum absolute atomic E-state index is 12.0. The zero-order chi connectivity index (χ0) is 13.8. The lowest BCUT2D eigenvalue weighted by molar-refractivity contribution is 0.101. The maximum atomic E-state index is 12.0. The Morgan fingerprint density at radius 1 is 1.40 bits per heavy atom. The average molecular weight is 277 g/mol. The normalized spacial score (nSPS) is 22.1. The number of nitrogens with zero attached hydrogens (tertiary/aromatic N) is 2. The molecule has 1 aromatic heterocycles. The monoisotopic (exact) mass is 277 g/mol. The third kappa shape index (κ3) is 3.82. The molecule has 1 saturated carbocycles. The first kappa shape index (κ1) is 13.6. The van der Waals surface area contributed by atoms with Gasteiger partial charge >= 0.3 is 0 Å².